The summed E-state index contributed by atoms with van der Waals surface area (Å²) in [5, 5.41) is 4.59. The Bertz CT molecular complexity index is 802. The normalized spacial score (nSPS) is 11.0. The number of rotatable bonds is 2. The van der Waals surface area contributed by atoms with Gasteiger partial charge in [0.2, 0.25) is 5.88 Å². The van der Waals surface area contributed by atoms with Crippen molar-refractivity contribution in [2.75, 3.05) is 7.11 Å². The van der Waals surface area contributed by atoms with Gasteiger partial charge in [0.1, 0.15) is 5.82 Å². The average Bonchev–Trinajstić information content (AvgIpc) is 2.82. The number of ether oxygens (including phenoxy) is 1. The molecule has 0 aromatic carbocycles. The molecule has 7 heteroatoms. The second kappa shape index (κ2) is 4.72. The number of methoxy groups -OCH3 is 1. The number of hydrogen-bond acceptors (Lipinski definition) is 4. The molecule has 0 atom stereocenters. The Morgan fingerprint density at radius 2 is 2.05 bits per heavy atom. The molecule has 0 aliphatic heterocycles. The largest absolute Gasteiger partial charge is 0.481 e. The van der Waals surface area contributed by atoms with Gasteiger partial charge in [0.05, 0.1) is 30.8 Å². The first-order valence-corrected chi connectivity index (χ1v) is 6.18. The van der Waals surface area contributed by atoms with Crippen LogP contribution in [0.15, 0.2) is 24.5 Å². The van der Waals surface area contributed by atoms with Crippen molar-refractivity contribution in [3.05, 3.63) is 41.1 Å². The van der Waals surface area contributed by atoms with Gasteiger partial charge in [-0.2, -0.15) is 5.10 Å². The lowest BCUT2D eigenvalue weighted by atomic mass is 10.2. The molecule has 0 fully saturated rings. The Morgan fingerprint density at radius 1 is 1.25 bits per heavy atom. The Hall–Kier alpha value is -2.21. The standard InChI is InChI=1S/C13H10ClFN4O/c1-7-3-11-16-6-10(19(11)18-12(7)14)9-4-8(15)5-17-13(9)20-2/h3-6H,1-2H3. The van der Waals surface area contributed by atoms with Crippen LogP contribution >= 0.6 is 11.6 Å². The van der Waals surface area contributed by atoms with E-state index in [9.17, 15) is 4.39 Å². The van der Waals surface area contributed by atoms with E-state index in [1.165, 1.54) is 17.7 Å². The molecular weight excluding hydrogens is 283 g/mol. The quantitative estimate of drug-likeness (QED) is 0.729. The van der Waals surface area contributed by atoms with E-state index < -0.39 is 5.82 Å². The number of hydrogen-bond donors (Lipinski definition) is 0. The Kier molecular flexibility index (Phi) is 3.02. The summed E-state index contributed by atoms with van der Waals surface area (Å²) in [4.78, 5) is 8.14. The van der Waals surface area contributed by atoms with Crippen molar-refractivity contribution in [1.29, 1.82) is 0 Å². The van der Waals surface area contributed by atoms with Gasteiger partial charge in [0, 0.05) is 0 Å². The van der Waals surface area contributed by atoms with Gasteiger partial charge in [-0.3, -0.25) is 0 Å². The summed E-state index contributed by atoms with van der Waals surface area (Å²) in [5.74, 6) is -0.166. The van der Waals surface area contributed by atoms with E-state index in [1.807, 2.05) is 6.92 Å². The number of aryl methyl sites for hydroxylation is 1. The molecule has 0 spiro atoms. The smallest absolute Gasteiger partial charge is 0.222 e. The molecule has 0 N–H and O–H groups in total. The minimum Gasteiger partial charge on any atom is -0.481 e. The first-order valence-electron chi connectivity index (χ1n) is 5.81. The minimum absolute atomic E-state index is 0.298. The van der Waals surface area contributed by atoms with Crippen molar-refractivity contribution in [1.82, 2.24) is 19.6 Å². The van der Waals surface area contributed by atoms with Crippen molar-refractivity contribution in [2.24, 2.45) is 0 Å². The molecular formula is C13H10ClFN4O. The van der Waals surface area contributed by atoms with Crippen LogP contribution in [0.2, 0.25) is 5.15 Å². The zero-order valence-electron chi connectivity index (χ0n) is 10.8. The van der Waals surface area contributed by atoms with E-state index in [0.29, 0.717) is 27.9 Å². The molecule has 0 radical (unpaired) electrons. The number of fused-ring (bicyclic) bond motifs is 1. The molecule has 0 aliphatic rings. The first-order chi connectivity index (χ1) is 9.60. The zero-order chi connectivity index (χ0) is 14.3. The molecule has 20 heavy (non-hydrogen) atoms. The van der Waals surface area contributed by atoms with Gasteiger partial charge in [-0.15, -0.1) is 0 Å². The maximum absolute atomic E-state index is 13.4. The van der Waals surface area contributed by atoms with Gasteiger partial charge in [0.25, 0.3) is 0 Å². The summed E-state index contributed by atoms with van der Waals surface area (Å²) < 4.78 is 20.1. The summed E-state index contributed by atoms with van der Waals surface area (Å²) in [6.45, 7) is 1.84. The van der Waals surface area contributed by atoms with Crippen molar-refractivity contribution in [3.8, 4) is 17.1 Å². The Balaban J connectivity index is 2.30. The van der Waals surface area contributed by atoms with E-state index in [0.717, 1.165) is 11.8 Å². The monoisotopic (exact) mass is 292 g/mol. The van der Waals surface area contributed by atoms with Crippen molar-refractivity contribution in [2.45, 2.75) is 6.92 Å². The van der Waals surface area contributed by atoms with Gasteiger partial charge in [-0.05, 0) is 24.6 Å². The maximum Gasteiger partial charge on any atom is 0.222 e. The highest BCUT2D eigenvalue weighted by molar-refractivity contribution is 6.30. The number of pyridine rings is 1. The van der Waals surface area contributed by atoms with Crippen LogP contribution in [0.4, 0.5) is 4.39 Å². The molecule has 3 rings (SSSR count). The molecule has 0 saturated carbocycles. The van der Waals surface area contributed by atoms with Crippen LogP contribution in [-0.4, -0.2) is 26.7 Å². The molecule has 102 valence electrons. The number of imidazole rings is 1. The van der Waals surface area contributed by atoms with Crippen LogP contribution in [-0.2, 0) is 0 Å². The van der Waals surface area contributed by atoms with Crippen molar-refractivity contribution in [3.63, 3.8) is 0 Å². The molecule has 0 amide bonds. The highest BCUT2D eigenvalue weighted by atomic mass is 35.5. The lowest BCUT2D eigenvalue weighted by Crippen LogP contribution is -1.99. The second-order valence-corrected chi connectivity index (χ2v) is 4.60. The zero-order valence-corrected chi connectivity index (χ0v) is 11.5. The van der Waals surface area contributed by atoms with E-state index in [2.05, 4.69) is 15.1 Å². The summed E-state index contributed by atoms with van der Waals surface area (Å²) in [5.41, 5.74) is 2.46. The Labute approximate surface area is 119 Å². The van der Waals surface area contributed by atoms with Crippen molar-refractivity contribution >= 4 is 17.2 Å². The van der Waals surface area contributed by atoms with Gasteiger partial charge >= 0.3 is 0 Å². The maximum atomic E-state index is 13.4. The summed E-state index contributed by atoms with van der Waals surface area (Å²) in [6.07, 6.45) is 2.67. The van der Waals surface area contributed by atoms with E-state index in [-0.39, 0.29) is 0 Å². The molecule has 3 heterocycles. The molecule has 3 aromatic rings. The topological polar surface area (TPSA) is 52.3 Å². The fourth-order valence-corrected chi connectivity index (χ4v) is 2.07. The summed E-state index contributed by atoms with van der Waals surface area (Å²) in [6, 6.07) is 3.13. The van der Waals surface area contributed by atoms with E-state index in [4.69, 9.17) is 16.3 Å². The highest BCUT2D eigenvalue weighted by Gasteiger charge is 2.15. The average molecular weight is 293 g/mol. The third kappa shape index (κ3) is 1.98. The van der Waals surface area contributed by atoms with Crippen LogP contribution in [0.5, 0.6) is 5.88 Å². The molecule has 0 bridgehead atoms. The number of nitrogens with zero attached hydrogens (tertiary/aromatic N) is 4. The Morgan fingerprint density at radius 3 is 2.80 bits per heavy atom. The van der Waals surface area contributed by atoms with Crippen LogP contribution in [0.25, 0.3) is 16.9 Å². The summed E-state index contributed by atoms with van der Waals surface area (Å²) >= 11 is 6.03. The lowest BCUT2D eigenvalue weighted by Gasteiger charge is -2.07. The number of aromatic nitrogens is 4. The minimum atomic E-state index is -0.464. The fourth-order valence-electron chi connectivity index (χ4n) is 1.94. The summed E-state index contributed by atoms with van der Waals surface area (Å²) in [7, 11) is 1.47. The van der Waals surface area contributed by atoms with Crippen LogP contribution < -0.4 is 4.74 Å². The predicted octanol–water partition coefficient (Wildman–Crippen LogP) is 2.90. The van der Waals surface area contributed by atoms with Gasteiger partial charge in [-0.25, -0.2) is 18.9 Å². The van der Waals surface area contributed by atoms with Gasteiger partial charge in [0.15, 0.2) is 10.8 Å². The van der Waals surface area contributed by atoms with Gasteiger partial charge in [-0.1, -0.05) is 11.6 Å². The number of halogens is 2. The van der Waals surface area contributed by atoms with E-state index in [1.54, 1.807) is 12.3 Å². The molecule has 5 nitrogen and oxygen atoms in total. The van der Waals surface area contributed by atoms with Crippen molar-refractivity contribution < 1.29 is 9.13 Å². The lowest BCUT2D eigenvalue weighted by molar-refractivity contribution is 0.397. The molecule has 0 unspecified atom stereocenters. The fraction of sp³-hybridized carbons (Fsp3) is 0.154. The van der Waals surface area contributed by atoms with Crippen LogP contribution in [0.3, 0.4) is 0 Å². The molecule has 3 aromatic heterocycles. The van der Waals surface area contributed by atoms with E-state index >= 15 is 0 Å². The van der Waals surface area contributed by atoms with Crippen LogP contribution in [0.1, 0.15) is 5.56 Å². The first kappa shape index (κ1) is 12.8. The molecule has 0 aliphatic carbocycles. The van der Waals surface area contributed by atoms with Gasteiger partial charge < -0.3 is 4.74 Å². The highest BCUT2D eigenvalue weighted by Crippen LogP contribution is 2.29. The third-order valence-electron chi connectivity index (χ3n) is 2.91. The SMILES string of the molecule is COc1ncc(F)cc1-c1cnc2cc(C)c(Cl)nn12. The van der Waals surface area contributed by atoms with Crippen LogP contribution in [0, 0.1) is 12.7 Å². The molecule has 0 saturated heterocycles. The predicted molar refractivity (Wildman–Crippen MR) is 72.5 cm³/mol. The third-order valence-corrected chi connectivity index (χ3v) is 3.28. The second-order valence-electron chi connectivity index (χ2n) is 4.24.